The van der Waals surface area contributed by atoms with E-state index in [9.17, 15) is 19.1 Å². The Balaban J connectivity index is 1.72. The number of carbonyl (C=O) groups excluding carboxylic acids is 1. The van der Waals surface area contributed by atoms with Crippen molar-refractivity contribution in [1.29, 1.82) is 0 Å². The van der Waals surface area contributed by atoms with Gasteiger partial charge in [0, 0.05) is 49.4 Å². The van der Waals surface area contributed by atoms with Crippen LogP contribution in [0.5, 0.6) is 5.75 Å². The highest BCUT2D eigenvalue weighted by atomic mass is 35.5. The van der Waals surface area contributed by atoms with E-state index in [1.807, 2.05) is 0 Å². The van der Waals surface area contributed by atoms with E-state index in [0.717, 1.165) is 0 Å². The van der Waals surface area contributed by atoms with Crippen molar-refractivity contribution in [3.63, 3.8) is 0 Å². The van der Waals surface area contributed by atoms with Crippen LogP contribution in [0.15, 0.2) is 53.7 Å². The van der Waals surface area contributed by atoms with Crippen LogP contribution in [0.4, 0.5) is 4.39 Å². The number of hydrogen-bond donors (Lipinski definition) is 1. The Kier molecular flexibility index (Phi) is 4.60. The van der Waals surface area contributed by atoms with E-state index in [2.05, 4.69) is 4.98 Å². The first-order valence-corrected chi connectivity index (χ1v) is 8.94. The molecular weight excluding hydrogens is 385 g/mol. The smallest absolute Gasteiger partial charge is 0.274 e. The van der Waals surface area contributed by atoms with Crippen molar-refractivity contribution in [2.75, 3.05) is 6.54 Å². The summed E-state index contributed by atoms with van der Waals surface area (Å²) in [4.78, 5) is 30.8. The molecule has 8 heteroatoms. The number of fused-ring (bicyclic) bond motifs is 1. The lowest BCUT2D eigenvalue weighted by Gasteiger charge is -2.30. The fraction of sp³-hybridized carbons (Fsp3) is 0.150. The molecule has 3 aromatic rings. The minimum atomic E-state index is -0.637. The Morgan fingerprint density at radius 2 is 1.89 bits per heavy atom. The first-order valence-electron chi connectivity index (χ1n) is 8.56. The molecule has 1 aliphatic rings. The van der Waals surface area contributed by atoms with E-state index in [0.29, 0.717) is 18.7 Å². The van der Waals surface area contributed by atoms with Crippen LogP contribution in [0, 0.1) is 5.82 Å². The number of hydrogen-bond acceptors (Lipinski definition) is 4. The Morgan fingerprint density at radius 3 is 2.64 bits per heavy atom. The maximum atomic E-state index is 14.2. The molecule has 1 aromatic carbocycles. The third-order valence-corrected chi connectivity index (χ3v) is 5.03. The molecule has 1 aliphatic heterocycles. The summed E-state index contributed by atoms with van der Waals surface area (Å²) in [5, 5.41) is 10.4. The van der Waals surface area contributed by atoms with Gasteiger partial charge in [-0.1, -0.05) is 23.7 Å². The predicted molar refractivity (Wildman–Crippen MR) is 102 cm³/mol. The molecular formula is C20H15ClFN3O3. The summed E-state index contributed by atoms with van der Waals surface area (Å²) in [6, 6.07) is 7.89. The van der Waals surface area contributed by atoms with Gasteiger partial charge in [-0.05, 0) is 23.8 Å². The molecule has 2 aromatic heterocycles. The Hall–Kier alpha value is -3.19. The molecule has 4 rings (SSSR count). The molecule has 3 heterocycles. The topological polar surface area (TPSA) is 75.4 Å². The molecule has 142 valence electrons. The van der Waals surface area contributed by atoms with Crippen LogP contribution in [0.3, 0.4) is 0 Å². The van der Waals surface area contributed by atoms with Crippen LogP contribution in [0.2, 0.25) is 5.02 Å². The maximum Gasteiger partial charge on any atom is 0.274 e. The minimum absolute atomic E-state index is 0.00897. The minimum Gasteiger partial charge on any atom is -0.503 e. The van der Waals surface area contributed by atoms with Gasteiger partial charge in [0.1, 0.15) is 5.82 Å². The summed E-state index contributed by atoms with van der Waals surface area (Å²) in [6.07, 6.45) is 4.65. The number of rotatable bonds is 3. The van der Waals surface area contributed by atoms with E-state index in [-0.39, 0.29) is 28.4 Å². The van der Waals surface area contributed by atoms with Crippen molar-refractivity contribution >= 4 is 17.5 Å². The molecule has 6 nitrogen and oxygen atoms in total. The van der Waals surface area contributed by atoms with Gasteiger partial charge < -0.3 is 14.6 Å². The molecule has 0 fully saturated rings. The van der Waals surface area contributed by atoms with Gasteiger partial charge in [-0.2, -0.15) is 0 Å². The first kappa shape index (κ1) is 18.2. The second-order valence-electron chi connectivity index (χ2n) is 6.44. The van der Waals surface area contributed by atoms with E-state index in [4.69, 9.17) is 11.6 Å². The third kappa shape index (κ3) is 3.03. The van der Waals surface area contributed by atoms with Gasteiger partial charge in [0.25, 0.3) is 5.91 Å². The number of amides is 1. The lowest BCUT2D eigenvalue weighted by molar-refractivity contribution is 0.0681. The molecule has 0 bridgehead atoms. The predicted octanol–water partition coefficient (Wildman–Crippen LogP) is 3.06. The average Bonchev–Trinajstić information content (AvgIpc) is 2.70. The number of carbonyl (C=O) groups is 1. The Labute approximate surface area is 164 Å². The summed E-state index contributed by atoms with van der Waals surface area (Å²) in [6.45, 7) is 0.649. The number of nitrogens with zero attached hydrogens (tertiary/aromatic N) is 3. The molecule has 28 heavy (non-hydrogen) atoms. The van der Waals surface area contributed by atoms with Crippen LogP contribution in [0.25, 0.3) is 11.1 Å². The summed E-state index contributed by atoms with van der Waals surface area (Å²) in [5.74, 6) is -1.74. The second-order valence-corrected chi connectivity index (χ2v) is 6.85. The zero-order valence-corrected chi connectivity index (χ0v) is 15.4. The molecule has 0 atom stereocenters. The summed E-state index contributed by atoms with van der Waals surface area (Å²) in [5.41, 5.74) is 0.412. The normalized spacial score (nSPS) is 13.5. The third-order valence-electron chi connectivity index (χ3n) is 4.74. The van der Waals surface area contributed by atoms with Gasteiger partial charge in [-0.25, -0.2) is 4.39 Å². The average molecular weight is 400 g/mol. The standard InChI is InChI=1S/C20H15ClFN3O3/c21-15-3-1-2-13(16(15)22)10-25-9-8-24-11-14(12-4-6-23-7-5-12)18(26)19(27)17(24)20(25)28/h1-7,11,27H,8-10H2. The number of benzene rings is 1. The van der Waals surface area contributed by atoms with Crippen molar-refractivity contribution < 1.29 is 14.3 Å². The van der Waals surface area contributed by atoms with E-state index in [1.165, 1.54) is 11.0 Å². The Morgan fingerprint density at radius 1 is 1.14 bits per heavy atom. The van der Waals surface area contributed by atoms with Crippen LogP contribution in [-0.2, 0) is 13.1 Å². The second kappa shape index (κ2) is 7.09. The first-order chi connectivity index (χ1) is 13.5. The molecule has 0 saturated heterocycles. The van der Waals surface area contributed by atoms with Crippen molar-refractivity contribution in [1.82, 2.24) is 14.5 Å². The molecule has 0 aliphatic carbocycles. The summed E-state index contributed by atoms with van der Waals surface area (Å²) in [7, 11) is 0. The number of aromatic nitrogens is 2. The van der Waals surface area contributed by atoms with E-state index in [1.54, 1.807) is 47.4 Å². The van der Waals surface area contributed by atoms with Crippen LogP contribution in [0.1, 0.15) is 16.1 Å². The van der Waals surface area contributed by atoms with E-state index >= 15 is 0 Å². The fourth-order valence-electron chi connectivity index (χ4n) is 3.29. The van der Waals surface area contributed by atoms with Crippen molar-refractivity contribution in [3.05, 3.63) is 81.2 Å². The van der Waals surface area contributed by atoms with E-state index < -0.39 is 22.9 Å². The van der Waals surface area contributed by atoms with Crippen LogP contribution >= 0.6 is 11.6 Å². The molecule has 0 radical (unpaired) electrons. The summed E-state index contributed by atoms with van der Waals surface area (Å²) < 4.78 is 15.7. The highest BCUT2D eigenvalue weighted by Gasteiger charge is 2.30. The monoisotopic (exact) mass is 399 g/mol. The fourth-order valence-corrected chi connectivity index (χ4v) is 3.49. The van der Waals surface area contributed by atoms with Gasteiger partial charge in [0.15, 0.2) is 11.4 Å². The van der Waals surface area contributed by atoms with Crippen molar-refractivity contribution in [3.8, 4) is 16.9 Å². The maximum absolute atomic E-state index is 14.2. The molecule has 0 saturated carbocycles. The molecule has 1 amide bonds. The van der Waals surface area contributed by atoms with Crippen LogP contribution in [-0.4, -0.2) is 32.0 Å². The quantitative estimate of drug-likeness (QED) is 0.734. The highest BCUT2D eigenvalue weighted by molar-refractivity contribution is 6.30. The molecule has 0 unspecified atom stereocenters. The van der Waals surface area contributed by atoms with Gasteiger partial charge in [0.05, 0.1) is 5.02 Å². The zero-order chi connectivity index (χ0) is 19.8. The van der Waals surface area contributed by atoms with Crippen LogP contribution < -0.4 is 5.43 Å². The number of halogens is 2. The Bertz CT molecular complexity index is 1130. The van der Waals surface area contributed by atoms with Crippen molar-refractivity contribution in [2.24, 2.45) is 0 Å². The number of pyridine rings is 2. The number of aromatic hydroxyl groups is 1. The van der Waals surface area contributed by atoms with Gasteiger partial charge in [-0.3, -0.25) is 14.6 Å². The SMILES string of the molecule is O=C1c2c(O)c(=O)c(-c3ccncc3)cn2CCN1Cc1cccc(Cl)c1F. The lowest BCUT2D eigenvalue weighted by Crippen LogP contribution is -2.41. The zero-order valence-electron chi connectivity index (χ0n) is 14.6. The molecule has 1 N–H and O–H groups in total. The highest BCUT2D eigenvalue weighted by Crippen LogP contribution is 2.26. The molecule has 0 spiro atoms. The van der Waals surface area contributed by atoms with Crippen molar-refractivity contribution in [2.45, 2.75) is 13.1 Å². The largest absolute Gasteiger partial charge is 0.503 e. The summed E-state index contributed by atoms with van der Waals surface area (Å²) >= 11 is 5.80. The van der Waals surface area contributed by atoms with Gasteiger partial charge >= 0.3 is 0 Å². The van der Waals surface area contributed by atoms with Gasteiger partial charge in [0.2, 0.25) is 5.43 Å². The lowest BCUT2D eigenvalue weighted by atomic mass is 10.1. The van der Waals surface area contributed by atoms with Gasteiger partial charge in [-0.15, -0.1) is 0 Å².